The predicted octanol–water partition coefficient (Wildman–Crippen LogP) is -1.61. The summed E-state index contributed by atoms with van der Waals surface area (Å²) in [5.74, 6) is 0.442. The molecule has 0 radical (unpaired) electrons. The number of aromatic amines is 1. The second-order valence-electron chi connectivity index (χ2n) is 4.11. The first kappa shape index (κ1) is 12.4. The first-order valence-corrected chi connectivity index (χ1v) is 5.45. The molecule has 2 aromatic heterocycles. The Morgan fingerprint density at radius 3 is 2.61 bits per heavy atom. The van der Waals surface area contributed by atoms with Gasteiger partial charge in [-0.1, -0.05) is 0 Å². The summed E-state index contributed by atoms with van der Waals surface area (Å²) in [6.07, 6.45) is 0. The SMILES string of the molecule is CN(CCO)c1nc2c([nH]1)c(=O)n(C)c(=O)n2C. The van der Waals surface area contributed by atoms with Crippen LogP contribution in [0.3, 0.4) is 0 Å². The van der Waals surface area contributed by atoms with Gasteiger partial charge < -0.3 is 15.0 Å². The molecule has 0 aliphatic heterocycles. The highest BCUT2D eigenvalue weighted by atomic mass is 16.3. The van der Waals surface area contributed by atoms with Gasteiger partial charge in [-0.05, 0) is 0 Å². The molecule has 0 aromatic carbocycles. The first-order chi connectivity index (χ1) is 8.47. The summed E-state index contributed by atoms with van der Waals surface area (Å²) in [5.41, 5.74) is -0.248. The number of nitrogens with one attached hydrogen (secondary N) is 1. The van der Waals surface area contributed by atoms with E-state index in [1.54, 1.807) is 19.0 Å². The van der Waals surface area contributed by atoms with Crippen LogP contribution in [0.15, 0.2) is 9.59 Å². The van der Waals surface area contributed by atoms with Gasteiger partial charge in [-0.25, -0.2) is 4.79 Å². The van der Waals surface area contributed by atoms with Crippen LogP contribution < -0.4 is 16.1 Å². The Morgan fingerprint density at radius 2 is 2.00 bits per heavy atom. The number of imidazole rings is 1. The summed E-state index contributed by atoms with van der Waals surface area (Å²) in [6, 6.07) is 0. The minimum atomic E-state index is -0.421. The van der Waals surface area contributed by atoms with Crippen molar-refractivity contribution in [3.05, 3.63) is 20.8 Å². The van der Waals surface area contributed by atoms with Crippen LogP contribution in [0, 0.1) is 0 Å². The molecule has 98 valence electrons. The van der Waals surface area contributed by atoms with Crippen LogP contribution in [-0.2, 0) is 14.1 Å². The molecule has 2 heterocycles. The fourth-order valence-corrected chi connectivity index (χ4v) is 1.75. The van der Waals surface area contributed by atoms with E-state index in [1.807, 2.05) is 0 Å². The molecular formula is C10H15N5O3. The van der Waals surface area contributed by atoms with E-state index in [9.17, 15) is 9.59 Å². The maximum atomic E-state index is 11.9. The zero-order chi connectivity index (χ0) is 13.4. The summed E-state index contributed by atoms with van der Waals surface area (Å²) >= 11 is 0. The fraction of sp³-hybridized carbons (Fsp3) is 0.500. The highest BCUT2D eigenvalue weighted by Gasteiger charge is 2.14. The van der Waals surface area contributed by atoms with Gasteiger partial charge in [-0.3, -0.25) is 13.9 Å². The number of hydrogen-bond donors (Lipinski definition) is 2. The molecule has 0 bridgehead atoms. The van der Waals surface area contributed by atoms with E-state index in [0.29, 0.717) is 18.1 Å². The van der Waals surface area contributed by atoms with Crippen molar-refractivity contribution in [2.24, 2.45) is 14.1 Å². The van der Waals surface area contributed by atoms with Crippen molar-refractivity contribution in [1.82, 2.24) is 19.1 Å². The summed E-state index contributed by atoms with van der Waals surface area (Å²) < 4.78 is 2.33. The number of rotatable bonds is 3. The van der Waals surface area contributed by atoms with Crippen LogP contribution in [-0.4, -0.2) is 44.4 Å². The van der Waals surface area contributed by atoms with E-state index in [1.165, 1.54) is 11.6 Å². The molecule has 8 nitrogen and oxygen atoms in total. The molecule has 0 fully saturated rings. The molecule has 0 unspecified atom stereocenters. The van der Waals surface area contributed by atoms with E-state index >= 15 is 0 Å². The quantitative estimate of drug-likeness (QED) is 0.686. The van der Waals surface area contributed by atoms with Gasteiger partial charge in [0, 0.05) is 27.7 Å². The third kappa shape index (κ3) is 1.70. The molecule has 2 N–H and O–H groups in total. The average molecular weight is 253 g/mol. The normalized spacial score (nSPS) is 11.1. The van der Waals surface area contributed by atoms with Crippen molar-refractivity contribution < 1.29 is 5.11 Å². The lowest BCUT2D eigenvalue weighted by molar-refractivity contribution is 0.303. The van der Waals surface area contributed by atoms with Crippen molar-refractivity contribution in [2.45, 2.75) is 0 Å². The molecule has 0 saturated heterocycles. The van der Waals surface area contributed by atoms with E-state index in [-0.39, 0.29) is 12.1 Å². The number of likely N-dealkylation sites (N-methyl/N-ethyl adjacent to an activating group) is 1. The number of anilines is 1. The van der Waals surface area contributed by atoms with Crippen LogP contribution >= 0.6 is 0 Å². The number of aliphatic hydroxyl groups is 1. The maximum absolute atomic E-state index is 11.9. The molecule has 0 aliphatic rings. The Hall–Kier alpha value is -2.09. The Morgan fingerprint density at radius 1 is 1.33 bits per heavy atom. The number of aliphatic hydroxyl groups excluding tert-OH is 1. The van der Waals surface area contributed by atoms with E-state index < -0.39 is 11.2 Å². The van der Waals surface area contributed by atoms with Crippen molar-refractivity contribution in [3.63, 3.8) is 0 Å². The van der Waals surface area contributed by atoms with Crippen molar-refractivity contribution in [3.8, 4) is 0 Å². The minimum absolute atomic E-state index is 0.0233. The number of fused-ring (bicyclic) bond motifs is 1. The second-order valence-corrected chi connectivity index (χ2v) is 4.11. The Bertz CT molecular complexity index is 696. The van der Waals surface area contributed by atoms with Crippen LogP contribution in [0.2, 0.25) is 0 Å². The van der Waals surface area contributed by atoms with Crippen LogP contribution in [0.4, 0.5) is 5.95 Å². The monoisotopic (exact) mass is 253 g/mol. The molecule has 2 rings (SSSR count). The molecule has 0 amide bonds. The van der Waals surface area contributed by atoms with Gasteiger partial charge in [0.05, 0.1) is 6.61 Å². The van der Waals surface area contributed by atoms with Crippen molar-refractivity contribution in [2.75, 3.05) is 25.1 Å². The number of H-pyrrole nitrogens is 1. The molecule has 2 aromatic rings. The van der Waals surface area contributed by atoms with Crippen LogP contribution in [0.1, 0.15) is 0 Å². The molecule has 0 saturated carbocycles. The standard InChI is InChI=1S/C10H15N5O3/c1-13(4-5-16)9-11-6-7(12-9)14(2)10(18)15(3)8(6)17/h16H,4-5H2,1-3H3,(H,11,12). The molecule has 8 heteroatoms. The average Bonchev–Trinajstić information content (AvgIpc) is 2.79. The van der Waals surface area contributed by atoms with Crippen LogP contribution in [0.25, 0.3) is 11.2 Å². The van der Waals surface area contributed by atoms with Gasteiger partial charge in [0.2, 0.25) is 5.95 Å². The van der Waals surface area contributed by atoms with Gasteiger partial charge in [0.25, 0.3) is 5.56 Å². The third-order valence-electron chi connectivity index (χ3n) is 2.88. The van der Waals surface area contributed by atoms with Gasteiger partial charge in [0.15, 0.2) is 11.2 Å². The first-order valence-electron chi connectivity index (χ1n) is 5.45. The summed E-state index contributed by atoms with van der Waals surface area (Å²) in [5, 5.41) is 8.87. The van der Waals surface area contributed by atoms with Crippen LogP contribution in [0.5, 0.6) is 0 Å². The van der Waals surface area contributed by atoms with Crippen molar-refractivity contribution >= 4 is 17.1 Å². The highest BCUT2D eigenvalue weighted by Crippen LogP contribution is 2.11. The molecule has 18 heavy (non-hydrogen) atoms. The zero-order valence-electron chi connectivity index (χ0n) is 10.5. The van der Waals surface area contributed by atoms with Gasteiger partial charge in [0.1, 0.15) is 0 Å². The van der Waals surface area contributed by atoms with Gasteiger partial charge >= 0.3 is 5.69 Å². The topological polar surface area (TPSA) is 96.2 Å². The largest absolute Gasteiger partial charge is 0.395 e. The molecular weight excluding hydrogens is 238 g/mol. The number of aryl methyl sites for hydroxylation is 1. The minimum Gasteiger partial charge on any atom is -0.395 e. The predicted molar refractivity (Wildman–Crippen MR) is 66.9 cm³/mol. The third-order valence-corrected chi connectivity index (χ3v) is 2.88. The Labute approximate surface area is 102 Å². The lowest BCUT2D eigenvalue weighted by Gasteiger charge is -2.12. The summed E-state index contributed by atoms with van der Waals surface area (Å²) in [4.78, 5) is 32.4. The number of hydrogen-bond acceptors (Lipinski definition) is 5. The van der Waals surface area contributed by atoms with Gasteiger partial charge in [-0.2, -0.15) is 4.98 Å². The highest BCUT2D eigenvalue weighted by molar-refractivity contribution is 5.72. The van der Waals surface area contributed by atoms with E-state index in [4.69, 9.17) is 5.11 Å². The second kappa shape index (κ2) is 4.30. The maximum Gasteiger partial charge on any atom is 0.332 e. The fourth-order valence-electron chi connectivity index (χ4n) is 1.75. The van der Waals surface area contributed by atoms with E-state index in [0.717, 1.165) is 4.57 Å². The summed E-state index contributed by atoms with van der Waals surface area (Å²) in [6.45, 7) is 0.360. The lowest BCUT2D eigenvalue weighted by Crippen LogP contribution is -2.36. The summed E-state index contributed by atoms with van der Waals surface area (Å²) in [7, 11) is 4.71. The number of nitrogens with zero attached hydrogens (tertiary/aromatic N) is 4. The van der Waals surface area contributed by atoms with E-state index in [2.05, 4.69) is 9.97 Å². The van der Waals surface area contributed by atoms with Gasteiger partial charge in [-0.15, -0.1) is 0 Å². The Kier molecular flexibility index (Phi) is 2.95. The smallest absolute Gasteiger partial charge is 0.332 e. The molecule has 0 aliphatic carbocycles. The number of aromatic nitrogens is 4. The molecule has 0 atom stereocenters. The zero-order valence-corrected chi connectivity index (χ0v) is 10.5. The van der Waals surface area contributed by atoms with Crippen molar-refractivity contribution in [1.29, 1.82) is 0 Å². The molecule has 0 spiro atoms. The Balaban J connectivity index is 2.72. The lowest BCUT2D eigenvalue weighted by atomic mass is 10.5.